The van der Waals surface area contributed by atoms with Crippen LogP contribution in [0.15, 0.2) is 0 Å². The molecule has 9 heavy (non-hydrogen) atoms. The Balaban J connectivity index is 2.33. The maximum atomic E-state index is 8.61. The molecule has 0 aliphatic carbocycles. The van der Waals surface area contributed by atoms with Crippen LogP contribution >= 0.6 is 0 Å². The minimum atomic E-state index is 0.0503. The minimum absolute atomic E-state index is 0.0503. The van der Waals surface area contributed by atoms with Crippen molar-refractivity contribution in [2.75, 3.05) is 13.2 Å². The van der Waals surface area contributed by atoms with Crippen LogP contribution in [0.5, 0.6) is 0 Å². The maximum absolute atomic E-state index is 8.61. The van der Waals surface area contributed by atoms with E-state index in [1.165, 1.54) is 0 Å². The number of hydrogen-bond acceptors (Lipinski definition) is 2. The first-order valence-electron chi connectivity index (χ1n) is 3.46. The van der Waals surface area contributed by atoms with E-state index in [9.17, 15) is 0 Å². The molecule has 1 fully saturated rings. The monoisotopic (exact) mass is 130 g/mol. The summed E-state index contributed by atoms with van der Waals surface area (Å²) in [5, 5.41) is 8.61. The lowest BCUT2D eigenvalue weighted by atomic mass is 9.94. The second-order valence-corrected chi connectivity index (χ2v) is 2.98. The van der Waals surface area contributed by atoms with Crippen LogP contribution in [0.2, 0.25) is 0 Å². The van der Waals surface area contributed by atoms with Crippen LogP contribution < -0.4 is 0 Å². The van der Waals surface area contributed by atoms with Crippen molar-refractivity contribution in [2.45, 2.75) is 25.9 Å². The molecule has 1 aliphatic heterocycles. The van der Waals surface area contributed by atoms with Gasteiger partial charge in [-0.2, -0.15) is 0 Å². The van der Waals surface area contributed by atoms with E-state index in [1.807, 2.05) is 0 Å². The van der Waals surface area contributed by atoms with Gasteiger partial charge >= 0.3 is 0 Å². The van der Waals surface area contributed by atoms with Gasteiger partial charge in [-0.1, -0.05) is 13.8 Å². The molecule has 1 heterocycles. The average molecular weight is 130 g/mol. The predicted molar refractivity (Wildman–Crippen MR) is 35.2 cm³/mol. The molecular weight excluding hydrogens is 116 g/mol. The lowest BCUT2D eigenvalue weighted by Crippen LogP contribution is -2.20. The van der Waals surface area contributed by atoms with Crippen molar-refractivity contribution in [3.8, 4) is 0 Å². The summed E-state index contributed by atoms with van der Waals surface area (Å²) in [5.74, 6) is 0.546. The smallest absolute Gasteiger partial charge is 0.0961 e. The molecular formula is C7H14O2. The van der Waals surface area contributed by atoms with Crippen molar-refractivity contribution in [1.29, 1.82) is 0 Å². The molecule has 1 saturated heterocycles. The van der Waals surface area contributed by atoms with Crippen LogP contribution in [0.25, 0.3) is 0 Å². The zero-order chi connectivity index (χ0) is 6.91. The van der Waals surface area contributed by atoms with Crippen LogP contribution in [-0.4, -0.2) is 23.9 Å². The fourth-order valence-corrected chi connectivity index (χ4v) is 1.05. The molecule has 0 radical (unpaired) electrons. The van der Waals surface area contributed by atoms with Crippen LogP contribution in [0, 0.1) is 5.92 Å². The lowest BCUT2D eigenvalue weighted by Gasteiger charge is -2.13. The standard InChI is InChI=1S/C7H14O2/c1-6(2)7(3-4-8)5-9-7/h6,8H,3-5H2,1-2H3/t7-/m0/s1. The number of ether oxygens (including phenoxy) is 1. The summed E-state index contributed by atoms with van der Waals surface area (Å²) in [6.45, 7) is 5.34. The van der Waals surface area contributed by atoms with Crippen molar-refractivity contribution in [3.63, 3.8) is 0 Å². The van der Waals surface area contributed by atoms with Gasteiger partial charge in [-0.05, 0) is 5.92 Å². The molecule has 2 nitrogen and oxygen atoms in total. The van der Waals surface area contributed by atoms with E-state index >= 15 is 0 Å². The van der Waals surface area contributed by atoms with E-state index in [1.54, 1.807) is 0 Å². The summed E-state index contributed by atoms with van der Waals surface area (Å²) in [4.78, 5) is 0. The number of aliphatic hydroxyl groups is 1. The first kappa shape index (κ1) is 7.03. The molecule has 54 valence electrons. The Kier molecular flexibility index (Phi) is 1.78. The minimum Gasteiger partial charge on any atom is -0.396 e. The molecule has 1 atom stereocenters. The van der Waals surface area contributed by atoms with Crippen LogP contribution in [0.1, 0.15) is 20.3 Å². The van der Waals surface area contributed by atoms with Crippen molar-refractivity contribution in [1.82, 2.24) is 0 Å². The first-order valence-corrected chi connectivity index (χ1v) is 3.46. The Morgan fingerprint density at radius 1 is 1.67 bits per heavy atom. The maximum Gasteiger partial charge on any atom is 0.0961 e. The summed E-state index contributed by atoms with van der Waals surface area (Å²) in [5.41, 5.74) is 0.0503. The molecule has 0 bridgehead atoms. The lowest BCUT2D eigenvalue weighted by molar-refractivity contribution is 0.176. The van der Waals surface area contributed by atoms with Gasteiger partial charge in [0.1, 0.15) is 0 Å². The average Bonchev–Trinajstić information content (AvgIpc) is 2.49. The van der Waals surface area contributed by atoms with E-state index in [4.69, 9.17) is 9.84 Å². The third kappa shape index (κ3) is 1.25. The summed E-state index contributed by atoms with van der Waals surface area (Å²) in [7, 11) is 0. The zero-order valence-corrected chi connectivity index (χ0v) is 6.05. The van der Waals surface area contributed by atoms with Crippen LogP contribution in [-0.2, 0) is 4.74 Å². The van der Waals surface area contributed by atoms with Gasteiger partial charge in [-0.25, -0.2) is 0 Å². The highest BCUT2D eigenvalue weighted by molar-refractivity contribution is 4.94. The SMILES string of the molecule is CC(C)[C@]1(CCO)CO1. The Bertz CT molecular complexity index is 95.1. The molecule has 2 heteroatoms. The predicted octanol–water partition coefficient (Wildman–Crippen LogP) is 0.794. The fraction of sp³-hybridized carbons (Fsp3) is 1.00. The quantitative estimate of drug-likeness (QED) is 0.573. The highest BCUT2D eigenvalue weighted by atomic mass is 16.6. The van der Waals surface area contributed by atoms with Gasteiger partial charge in [0.15, 0.2) is 0 Å². The van der Waals surface area contributed by atoms with Gasteiger partial charge < -0.3 is 9.84 Å². The third-order valence-corrected chi connectivity index (χ3v) is 2.10. The van der Waals surface area contributed by atoms with Crippen molar-refractivity contribution >= 4 is 0 Å². The highest BCUT2D eigenvalue weighted by Gasteiger charge is 2.46. The van der Waals surface area contributed by atoms with Gasteiger partial charge in [-0.15, -0.1) is 0 Å². The molecule has 0 saturated carbocycles. The number of hydrogen-bond donors (Lipinski definition) is 1. The molecule has 0 aromatic rings. The van der Waals surface area contributed by atoms with Gasteiger partial charge in [0.2, 0.25) is 0 Å². The number of aliphatic hydroxyl groups excluding tert-OH is 1. The van der Waals surface area contributed by atoms with Crippen molar-refractivity contribution < 1.29 is 9.84 Å². The molecule has 0 aromatic carbocycles. The zero-order valence-electron chi connectivity index (χ0n) is 6.05. The Morgan fingerprint density at radius 3 is 2.33 bits per heavy atom. The molecule has 1 aliphatic rings. The second-order valence-electron chi connectivity index (χ2n) is 2.98. The third-order valence-electron chi connectivity index (χ3n) is 2.10. The molecule has 0 spiro atoms. The van der Waals surface area contributed by atoms with Gasteiger partial charge in [-0.3, -0.25) is 0 Å². The van der Waals surface area contributed by atoms with E-state index in [-0.39, 0.29) is 12.2 Å². The molecule has 1 rings (SSSR count). The Hall–Kier alpha value is -0.0800. The second kappa shape index (κ2) is 2.27. The van der Waals surface area contributed by atoms with E-state index in [0.29, 0.717) is 5.92 Å². The van der Waals surface area contributed by atoms with Crippen LogP contribution in [0.4, 0.5) is 0 Å². The largest absolute Gasteiger partial charge is 0.396 e. The Labute approximate surface area is 55.8 Å². The van der Waals surface area contributed by atoms with Crippen molar-refractivity contribution in [2.24, 2.45) is 5.92 Å². The van der Waals surface area contributed by atoms with Crippen LogP contribution in [0.3, 0.4) is 0 Å². The normalized spacial score (nSPS) is 33.3. The topological polar surface area (TPSA) is 32.8 Å². The van der Waals surface area contributed by atoms with Gasteiger partial charge in [0.25, 0.3) is 0 Å². The highest BCUT2D eigenvalue weighted by Crippen LogP contribution is 2.37. The summed E-state index contributed by atoms with van der Waals surface area (Å²) in [6.07, 6.45) is 0.796. The summed E-state index contributed by atoms with van der Waals surface area (Å²) >= 11 is 0. The van der Waals surface area contributed by atoms with E-state index in [0.717, 1.165) is 13.0 Å². The number of rotatable bonds is 3. The fourth-order valence-electron chi connectivity index (χ4n) is 1.05. The molecule has 0 unspecified atom stereocenters. The van der Waals surface area contributed by atoms with E-state index < -0.39 is 0 Å². The van der Waals surface area contributed by atoms with Gasteiger partial charge in [0, 0.05) is 13.0 Å². The Morgan fingerprint density at radius 2 is 2.22 bits per heavy atom. The van der Waals surface area contributed by atoms with E-state index in [2.05, 4.69) is 13.8 Å². The van der Waals surface area contributed by atoms with Gasteiger partial charge in [0.05, 0.1) is 12.2 Å². The number of epoxide rings is 1. The summed E-state index contributed by atoms with van der Waals surface area (Å²) in [6, 6.07) is 0. The first-order chi connectivity index (χ1) is 4.21. The molecule has 1 N–H and O–H groups in total. The van der Waals surface area contributed by atoms with Crippen molar-refractivity contribution in [3.05, 3.63) is 0 Å². The molecule has 0 amide bonds. The summed E-state index contributed by atoms with van der Waals surface area (Å²) < 4.78 is 5.24. The molecule has 0 aromatic heterocycles.